The van der Waals surface area contributed by atoms with Gasteiger partial charge in [0.05, 0.1) is 17.9 Å². The molecule has 174 valence electrons. The van der Waals surface area contributed by atoms with Crippen LogP contribution in [0.25, 0.3) is 0 Å². The Hall–Kier alpha value is -1.10. The van der Waals surface area contributed by atoms with Crippen LogP contribution in [0.2, 0.25) is 0 Å². The summed E-state index contributed by atoms with van der Waals surface area (Å²) in [5.74, 6) is -0.443. The number of nitrogens with zero attached hydrogens (tertiary/aromatic N) is 3. The largest absolute Gasteiger partial charge is 0.396 e. The van der Waals surface area contributed by atoms with Crippen molar-refractivity contribution >= 4 is 0 Å². The molecule has 0 bridgehead atoms. The lowest BCUT2D eigenvalue weighted by molar-refractivity contribution is -0.128. The number of aliphatic hydroxyl groups excluding tert-OH is 4. The number of nitrogens with one attached hydrogen (secondary N) is 1. The lowest BCUT2D eigenvalue weighted by atomic mass is 9.79. The van der Waals surface area contributed by atoms with Crippen molar-refractivity contribution in [2.24, 2.45) is 11.7 Å². The van der Waals surface area contributed by atoms with Crippen molar-refractivity contribution < 1.29 is 20.4 Å². The van der Waals surface area contributed by atoms with Crippen LogP contribution in [0.4, 0.5) is 0 Å². The molecule has 1 fully saturated rings. The molecule has 0 unspecified atom stereocenters. The zero-order valence-corrected chi connectivity index (χ0v) is 18.1. The summed E-state index contributed by atoms with van der Waals surface area (Å²) in [7, 11) is 0. The molecule has 0 amide bonds. The molecule has 0 aromatic carbocycles. The predicted molar refractivity (Wildman–Crippen MR) is 115 cm³/mol. The lowest BCUT2D eigenvalue weighted by Crippen LogP contribution is -2.58. The van der Waals surface area contributed by atoms with Gasteiger partial charge in [-0.1, -0.05) is 30.9 Å². The third kappa shape index (κ3) is 8.20. The molecule has 0 saturated heterocycles. The molecule has 0 aliphatic heterocycles. The first-order chi connectivity index (χ1) is 14.6. The molecule has 1 aromatic rings. The van der Waals surface area contributed by atoms with Gasteiger partial charge in [0.1, 0.15) is 6.10 Å². The Morgan fingerprint density at radius 2 is 1.73 bits per heavy atom. The van der Waals surface area contributed by atoms with E-state index in [1.165, 1.54) is 19.3 Å². The van der Waals surface area contributed by atoms with E-state index in [9.17, 15) is 20.4 Å². The number of hydrogen-bond acceptors (Lipinski definition) is 8. The second-order valence-corrected chi connectivity index (χ2v) is 8.53. The normalized spacial score (nSPS) is 26.9. The van der Waals surface area contributed by atoms with Gasteiger partial charge >= 0.3 is 0 Å². The van der Waals surface area contributed by atoms with Gasteiger partial charge in [-0.3, -0.25) is 4.68 Å². The first-order valence-corrected chi connectivity index (χ1v) is 11.5. The highest BCUT2D eigenvalue weighted by Gasteiger charge is 2.42. The number of unbranched alkanes of at least 4 members (excludes halogenated alkanes) is 6. The maximum Gasteiger partial charge on any atom is 0.106 e. The molecule has 9 nitrogen and oxygen atoms in total. The predicted octanol–water partition coefficient (Wildman–Crippen LogP) is -0.0468. The number of aromatic nitrogens is 3. The monoisotopic (exact) mass is 427 g/mol. The fourth-order valence-corrected chi connectivity index (χ4v) is 4.17. The zero-order valence-electron chi connectivity index (χ0n) is 18.1. The molecule has 0 spiro atoms. The Labute approximate surface area is 179 Å². The minimum Gasteiger partial charge on any atom is -0.396 e. The Bertz CT molecular complexity index is 573. The standard InChI is InChI=1S/C21H41N5O4/c22-10-6-5-9-16-14-26(25-24-16)12-8-4-2-1-3-7-11-23-18-13-19(28)21(30)20(29)17(18)15-27/h14,17-21,23,27-30H,1-13,15,22H2/t17-,18+,19-,20+,21+/m0/s1. The second kappa shape index (κ2) is 14.1. The van der Waals surface area contributed by atoms with Crippen molar-refractivity contribution in [2.75, 3.05) is 19.7 Å². The Morgan fingerprint density at radius 1 is 1.00 bits per heavy atom. The first-order valence-electron chi connectivity index (χ1n) is 11.5. The highest BCUT2D eigenvalue weighted by Crippen LogP contribution is 2.25. The number of aryl methyl sites for hydroxylation is 2. The van der Waals surface area contributed by atoms with Gasteiger partial charge in [-0.25, -0.2) is 0 Å². The Kier molecular flexibility index (Phi) is 11.8. The fraction of sp³-hybridized carbons (Fsp3) is 0.905. The summed E-state index contributed by atoms with van der Waals surface area (Å²) < 4.78 is 1.93. The summed E-state index contributed by atoms with van der Waals surface area (Å²) >= 11 is 0. The van der Waals surface area contributed by atoms with E-state index in [1.807, 2.05) is 10.9 Å². The molecular weight excluding hydrogens is 386 g/mol. The van der Waals surface area contributed by atoms with Crippen molar-refractivity contribution in [3.8, 4) is 0 Å². The number of nitrogens with two attached hydrogens (primary N) is 1. The Balaban J connectivity index is 1.48. The maximum absolute atomic E-state index is 10.0. The zero-order chi connectivity index (χ0) is 21.8. The molecule has 9 heteroatoms. The quantitative estimate of drug-likeness (QED) is 0.213. The molecule has 7 N–H and O–H groups in total. The van der Waals surface area contributed by atoms with E-state index in [-0.39, 0.29) is 12.6 Å². The molecule has 30 heavy (non-hydrogen) atoms. The van der Waals surface area contributed by atoms with E-state index in [0.717, 1.165) is 63.9 Å². The van der Waals surface area contributed by atoms with Gasteiger partial charge in [0, 0.05) is 31.3 Å². The Morgan fingerprint density at radius 3 is 2.47 bits per heavy atom. The molecule has 1 aliphatic carbocycles. The third-order valence-corrected chi connectivity index (χ3v) is 6.10. The van der Waals surface area contributed by atoms with Crippen molar-refractivity contribution in [2.45, 2.75) is 95.1 Å². The molecule has 1 aromatic heterocycles. The topological polar surface area (TPSA) is 150 Å². The van der Waals surface area contributed by atoms with E-state index in [4.69, 9.17) is 5.73 Å². The highest BCUT2D eigenvalue weighted by atomic mass is 16.4. The number of hydrogen-bond donors (Lipinski definition) is 6. The smallest absolute Gasteiger partial charge is 0.106 e. The third-order valence-electron chi connectivity index (χ3n) is 6.10. The average molecular weight is 428 g/mol. The van der Waals surface area contributed by atoms with E-state index in [1.54, 1.807) is 0 Å². The summed E-state index contributed by atoms with van der Waals surface area (Å²) in [4.78, 5) is 0. The SMILES string of the molecule is NCCCCc1cn(CCCCCCCCN[C@@H]2C[C@H](O)[C@@H](O)[C@H](O)[C@H]2CO)nn1. The van der Waals surface area contributed by atoms with E-state index in [0.29, 0.717) is 6.42 Å². The number of aliphatic hydroxyl groups is 4. The first kappa shape index (κ1) is 25.2. The van der Waals surface area contributed by atoms with Crippen LogP contribution in [0.15, 0.2) is 6.20 Å². The van der Waals surface area contributed by atoms with Crippen LogP contribution < -0.4 is 11.1 Å². The lowest BCUT2D eigenvalue weighted by Gasteiger charge is -2.40. The minimum absolute atomic E-state index is 0.175. The van der Waals surface area contributed by atoms with Gasteiger partial charge in [0.2, 0.25) is 0 Å². The molecule has 5 atom stereocenters. The number of rotatable bonds is 15. The molecule has 1 heterocycles. The summed E-state index contributed by atoms with van der Waals surface area (Å²) in [5.41, 5.74) is 6.56. The van der Waals surface area contributed by atoms with Gasteiger partial charge in [0.25, 0.3) is 0 Å². The molecule has 2 rings (SSSR count). The summed E-state index contributed by atoms with van der Waals surface area (Å²) in [6, 6.07) is -0.175. The maximum atomic E-state index is 10.0. The molecule has 1 aliphatic rings. The van der Waals surface area contributed by atoms with Crippen molar-refractivity contribution in [1.82, 2.24) is 20.3 Å². The van der Waals surface area contributed by atoms with Gasteiger partial charge in [0.15, 0.2) is 0 Å². The average Bonchev–Trinajstić information content (AvgIpc) is 3.19. The van der Waals surface area contributed by atoms with Crippen LogP contribution in [0.5, 0.6) is 0 Å². The van der Waals surface area contributed by atoms with E-state index in [2.05, 4.69) is 15.6 Å². The fourth-order valence-electron chi connectivity index (χ4n) is 4.17. The van der Waals surface area contributed by atoms with Gasteiger partial charge < -0.3 is 31.5 Å². The summed E-state index contributed by atoms with van der Waals surface area (Å²) in [6.45, 7) is 2.21. The van der Waals surface area contributed by atoms with Crippen LogP contribution in [0.3, 0.4) is 0 Å². The van der Waals surface area contributed by atoms with E-state index < -0.39 is 24.2 Å². The minimum atomic E-state index is -1.18. The second-order valence-electron chi connectivity index (χ2n) is 8.53. The van der Waals surface area contributed by atoms with E-state index >= 15 is 0 Å². The van der Waals surface area contributed by atoms with Gasteiger partial charge in [-0.2, -0.15) is 0 Å². The van der Waals surface area contributed by atoms with Crippen molar-refractivity contribution in [1.29, 1.82) is 0 Å². The summed E-state index contributed by atoms with van der Waals surface area (Å²) in [5, 5.41) is 50.8. The summed E-state index contributed by atoms with van der Waals surface area (Å²) in [6.07, 6.45) is 8.95. The van der Waals surface area contributed by atoms with Crippen molar-refractivity contribution in [3.05, 3.63) is 11.9 Å². The van der Waals surface area contributed by atoms with Gasteiger partial charge in [-0.15, -0.1) is 5.10 Å². The van der Waals surface area contributed by atoms with Crippen molar-refractivity contribution in [3.63, 3.8) is 0 Å². The molecule has 1 saturated carbocycles. The van der Waals surface area contributed by atoms with Crippen LogP contribution in [-0.4, -0.2) is 79.5 Å². The van der Waals surface area contributed by atoms with Crippen LogP contribution in [0.1, 0.15) is 63.5 Å². The van der Waals surface area contributed by atoms with Crippen LogP contribution in [0, 0.1) is 5.92 Å². The van der Waals surface area contributed by atoms with Crippen LogP contribution >= 0.6 is 0 Å². The van der Waals surface area contributed by atoms with Crippen LogP contribution in [-0.2, 0) is 13.0 Å². The highest BCUT2D eigenvalue weighted by molar-refractivity contribution is 4.95. The van der Waals surface area contributed by atoms with Gasteiger partial charge in [-0.05, 0) is 51.6 Å². The molecule has 0 radical (unpaired) electrons. The molecular formula is C21H41N5O4.